The van der Waals surface area contributed by atoms with Crippen molar-refractivity contribution >= 4 is 29.2 Å². The molecule has 0 spiro atoms. The van der Waals surface area contributed by atoms with Gasteiger partial charge in [-0.1, -0.05) is 11.6 Å². The number of carboxylic acids is 1. The Balaban J connectivity index is 2.26. The van der Waals surface area contributed by atoms with Crippen LogP contribution in [0.5, 0.6) is 0 Å². The molecule has 19 heavy (non-hydrogen) atoms. The molecule has 0 aliphatic heterocycles. The third kappa shape index (κ3) is 2.92. The van der Waals surface area contributed by atoms with Crippen LogP contribution >= 0.6 is 11.6 Å². The maximum atomic E-state index is 11.9. The SMILES string of the molecule is Cc1ncoc1C(=O)Nc1cc(Cl)cc(C(=O)O)c1. The lowest BCUT2D eigenvalue weighted by atomic mass is 10.2. The molecule has 2 rings (SSSR count). The van der Waals surface area contributed by atoms with E-state index in [0.717, 1.165) is 6.39 Å². The van der Waals surface area contributed by atoms with Gasteiger partial charge in [-0.3, -0.25) is 4.79 Å². The number of aromatic carboxylic acids is 1. The first-order chi connectivity index (χ1) is 8.97. The minimum Gasteiger partial charge on any atom is -0.478 e. The molecule has 0 aliphatic carbocycles. The summed E-state index contributed by atoms with van der Waals surface area (Å²) in [5.41, 5.74) is 0.695. The van der Waals surface area contributed by atoms with Crippen molar-refractivity contribution in [3.63, 3.8) is 0 Å². The molecule has 1 heterocycles. The number of aromatic nitrogens is 1. The summed E-state index contributed by atoms with van der Waals surface area (Å²) in [5.74, 6) is -1.58. The summed E-state index contributed by atoms with van der Waals surface area (Å²) in [5, 5.41) is 11.6. The maximum absolute atomic E-state index is 11.9. The van der Waals surface area contributed by atoms with E-state index in [4.69, 9.17) is 21.1 Å². The van der Waals surface area contributed by atoms with E-state index in [1.807, 2.05) is 0 Å². The smallest absolute Gasteiger partial charge is 0.335 e. The highest BCUT2D eigenvalue weighted by Crippen LogP contribution is 2.20. The third-order valence-electron chi connectivity index (χ3n) is 2.35. The number of carbonyl (C=O) groups excluding carboxylic acids is 1. The van der Waals surface area contributed by atoms with Gasteiger partial charge >= 0.3 is 5.97 Å². The van der Waals surface area contributed by atoms with Crippen molar-refractivity contribution in [2.45, 2.75) is 6.92 Å². The number of nitrogens with zero attached hydrogens (tertiary/aromatic N) is 1. The van der Waals surface area contributed by atoms with Crippen LogP contribution in [0.25, 0.3) is 0 Å². The van der Waals surface area contributed by atoms with Crippen molar-refractivity contribution in [1.82, 2.24) is 4.98 Å². The number of amides is 1. The topological polar surface area (TPSA) is 92.4 Å². The van der Waals surface area contributed by atoms with Gasteiger partial charge in [0.25, 0.3) is 5.91 Å². The van der Waals surface area contributed by atoms with Crippen LogP contribution in [-0.4, -0.2) is 22.0 Å². The molecule has 0 atom stereocenters. The Morgan fingerprint density at radius 1 is 1.37 bits per heavy atom. The van der Waals surface area contributed by atoms with Crippen LogP contribution < -0.4 is 5.32 Å². The zero-order valence-electron chi connectivity index (χ0n) is 9.81. The molecule has 6 nitrogen and oxygen atoms in total. The zero-order valence-corrected chi connectivity index (χ0v) is 10.6. The molecule has 0 saturated carbocycles. The predicted molar refractivity (Wildman–Crippen MR) is 67.6 cm³/mol. The monoisotopic (exact) mass is 280 g/mol. The van der Waals surface area contributed by atoms with Gasteiger partial charge in [-0.2, -0.15) is 0 Å². The Labute approximate surface area is 113 Å². The van der Waals surface area contributed by atoms with Gasteiger partial charge in [-0.25, -0.2) is 9.78 Å². The molecule has 2 aromatic rings. The lowest BCUT2D eigenvalue weighted by Crippen LogP contribution is -2.13. The van der Waals surface area contributed by atoms with Gasteiger partial charge < -0.3 is 14.8 Å². The van der Waals surface area contributed by atoms with Crippen LogP contribution in [-0.2, 0) is 0 Å². The molecule has 0 bridgehead atoms. The predicted octanol–water partition coefficient (Wildman–Crippen LogP) is 2.59. The molecular formula is C12H9ClN2O4. The highest BCUT2D eigenvalue weighted by atomic mass is 35.5. The number of hydrogen-bond acceptors (Lipinski definition) is 4. The molecule has 2 N–H and O–H groups in total. The van der Waals surface area contributed by atoms with E-state index in [1.165, 1.54) is 18.2 Å². The quantitative estimate of drug-likeness (QED) is 0.901. The Kier molecular flexibility index (Phi) is 3.52. The summed E-state index contributed by atoms with van der Waals surface area (Å²) >= 11 is 5.78. The number of halogens is 1. The highest BCUT2D eigenvalue weighted by Gasteiger charge is 2.15. The van der Waals surface area contributed by atoms with Gasteiger partial charge in [0, 0.05) is 10.7 Å². The van der Waals surface area contributed by atoms with Crippen molar-refractivity contribution < 1.29 is 19.1 Å². The number of oxazole rings is 1. The fourth-order valence-corrected chi connectivity index (χ4v) is 1.73. The van der Waals surface area contributed by atoms with E-state index in [1.54, 1.807) is 6.92 Å². The van der Waals surface area contributed by atoms with Gasteiger partial charge in [0.05, 0.1) is 11.3 Å². The number of anilines is 1. The van der Waals surface area contributed by atoms with E-state index in [0.29, 0.717) is 5.69 Å². The summed E-state index contributed by atoms with van der Waals surface area (Å²) in [6.45, 7) is 1.62. The van der Waals surface area contributed by atoms with Gasteiger partial charge in [0.1, 0.15) is 0 Å². The second kappa shape index (κ2) is 5.11. The number of aryl methyl sites for hydroxylation is 1. The Morgan fingerprint density at radius 2 is 2.11 bits per heavy atom. The summed E-state index contributed by atoms with van der Waals surface area (Å²) in [6.07, 6.45) is 1.16. The van der Waals surface area contributed by atoms with Crippen molar-refractivity contribution in [3.8, 4) is 0 Å². The molecule has 0 radical (unpaired) electrons. The van der Waals surface area contributed by atoms with Crippen LogP contribution in [0.2, 0.25) is 5.02 Å². The molecule has 0 aliphatic rings. The maximum Gasteiger partial charge on any atom is 0.335 e. The van der Waals surface area contributed by atoms with Gasteiger partial charge in [0.15, 0.2) is 6.39 Å². The second-order valence-corrected chi connectivity index (χ2v) is 4.19. The largest absolute Gasteiger partial charge is 0.478 e. The zero-order chi connectivity index (χ0) is 14.0. The minimum absolute atomic E-state index is 0.0166. The highest BCUT2D eigenvalue weighted by molar-refractivity contribution is 6.31. The normalized spacial score (nSPS) is 10.2. The first-order valence-electron chi connectivity index (χ1n) is 5.22. The molecular weight excluding hydrogens is 272 g/mol. The number of nitrogens with one attached hydrogen (secondary N) is 1. The summed E-state index contributed by atoms with van der Waals surface area (Å²) in [7, 11) is 0. The van der Waals surface area contributed by atoms with Crippen LogP contribution in [0.15, 0.2) is 29.0 Å². The molecule has 1 aromatic carbocycles. The fourth-order valence-electron chi connectivity index (χ4n) is 1.49. The molecule has 0 fully saturated rings. The van der Waals surface area contributed by atoms with E-state index in [2.05, 4.69) is 10.3 Å². The Morgan fingerprint density at radius 3 is 2.68 bits per heavy atom. The Bertz CT molecular complexity index is 651. The number of carboxylic acid groups (broad SMARTS) is 1. The van der Waals surface area contributed by atoms with Crippen LogP contribution in [0.4, 0.5) is 5.69 Å². The minimum atomic E-state index is -1.13. The summed E-state index contributed by atoms with van der Waals surface area (Å²) < 4.78 is 4.93. The van der Waals surface area contributed by atoms with Gasteiger partial charge in [-0.15, -0.1) is 0 Å². The first-order valence-corrected chi connectivity index (χ1v) is 5.60. The molecule has 98 valence electrons. The molecule has 0 unspecified atom stereocenters. The number of hydrogen-bond donors (Lipinski definition) is 2. The average molecular weight is 281 g/mol. The number of benzene rings is 1. The van der Waals surface area contributed by atoms with Crippen molar-refractivity contribution in [2.75, 3.05) is 5.32 Å². The fraction of sp³-hybridized carbons (Fsp3) is 0.0833. The van der Waals surface area contributed by atoms with Crippen molar-refractivity contribution in [3.05, 3.63) is 46.6 Å². The first kappa shape index (κ1) is 13.1. The lowest BCUT2D eigenvalue weighted by molar-refractivity contribution is 0.0696. The second-order valence-electron chi connectivity index (χ2n) is 3.75. The lowest BCUT2D eigenvalue weighted by Gasteiger charge is -2.05. The average Bonchev–Trinajstić information content (AvgIpc) is 2.74. The summed E-state index contributed by atoms with van der Waals surface area (Å²) in [6, 6.07) is 4.04. The molecule has 1 amide bonds. The molecule has 7 heteroatoms. The van der Waals surface area contributed by atoms with E-state index in [-0.39, 0.29) is 22.0 Å². The summed E-state index contributed by atoms with van der Waals surface area (Å²) in [4.78, 5) is 26.5. The molecule has 1 aromatic heterocycles. The van der Waals surface area contributed by atoms with Gasteiger partial charge in [0.2, 0.25) is 5.76 Å². The van der Waals surface area contributed by atoms with Crippen molar-refractivity contribution in [1.29, 1.82) is 0 Å². The van der Waals surface area contributed by atoms with E-state index >= 15 is 0 Å². The van der Waals surface area contributed by atoms with Crippen LogP contribution in [0.3, 0.4) is 0 Å². The van der Waals surface area contributed by atoms with E-state index < -0.39 is 11.9 Å². The number of rotatable bonds is 3. The third-order valence-corrected chi connectivity index (χ3v) is 2.57. The van der Waals surface area contributed by atoms with Crippen LogP contribution in [0, 0.1) is 6.92 Å². The number of carbonyl (C=O) groups is 2. The van der Waals surface area contributed by atoms with Crippen molar-refractivity contribution in [2.24, 2.45) is 0 Å². The standard InChI is InChI=1S/C12H9ClN2O4/c1-6-10(19-5-14-6)11(16)15-9-3-7(12(17)18)2-8(13)4-9/h2-5H,1H3,(H,15,16)(H,17,18). The van der Waals surface area contributed by atoms with Gasteiger partial charge in [-0.05, 0) is 25.1 Å². The van der Waals surface area contributed by atoms with E-state index in [9.17, 15) is 9.59 Å². The Hall–Kier alpha value is -2.34. The van der Waals surface area contributed by atoms with Crippen LogP contribution in [0.1, 0.15) is 26.6 Å². The molecule has 0 saturated heterocycles.